The predicted molar refractivity (Wildman–Crippen MR) is 66.1 cm³/mol. The van der Waals surface area contributed by atoms with Crippen LogP contribution in [0.3, 0.4) is 0 Å². The third-order valence-corrected chi connectivity index (χ3v) is 4.40. The molecule has 0 saturated carbocycles. The highest BCUT2D eigenvalue weighted by atomic mass is 32.2. The summed E-state index contributed by atoms with van der Waals surface area (Å²) in [6.45, 7) is -0.205. The molecule has 0 aliphatic carbocycles. The molecule has 0 aromatic carbocycles. The molecule has 1 unspecified atom stereocenters. The summed E-state index contributed by atoms with van der Waals surface area (Å²) in [4.78, 5) is 15.0. The predicted octanol–water partition coefficient (Wildman–Crippen LogP) is -0.999. The van der Waals surface area contributed by atoms with E-state index in [2.05, 4.69) is 4.98 Å². The van der Waals surface area contributed by atoms with Gasteiger partial charge in [-0.05, 0) is 6.07 Å². The topological polar surface area (TPSA) is 101 Å². The van der Waals surface area contributed by atoms with Gasteiger partial charge in [0.05, 0.1) is 17.1 Å². The van der Waals surface area contributed by atoms with Crippen molar-refractivity contribution in [2.24, 2.45) is 0 Å². The summed E-state index contributed by atoms with van der Waals surface area (Å²) < 4.78 is 15.0. The number of nitrogen functional groups attached to an aromatic ring is 1. The first-order chi connectivity index (χ1) is 8.52. The van der Waals surface area contributed by atoms with Crippen molar-refractivity contribution in [2.45, 2.75) is 29.3 Å². The van der Waals surface area contributed by atoms with Gasteiger partial charge in [0.2, 0.25) is 0 Å². The molecule has 2 rings (SSSR count). The van der Waals surface area contributed by atoms with Gasteiger partial charge in [-0.1, -0.05) is 0 Å². The fourth-order valence-corrected chi connectivity index (χ4v) is 3.28. The van der Waals surface area contributed by atoms with Crippen LogP contribution in [0.25, 0.3) is 0 Å². The highest BCUT2D eigenvalue weighted by Crippen LogP contribution is 2.36. The van der Waals surface area contributed by atoms with Gasteiger partial charge in [0, 0.05) is 12.7 Å². The van der Waals surface area contributed by atoms with E-state index in [1.807, 2.05) is 0 Å². The second-order valence-corrected chi connectivity index (χ2v) is 5.60. The van der Waals surface area contributed by atoms with Crippen LogP contribution >= 0.6 is 11.8 Å². The van der Waals surface area contributed by atoms with Crippen molar-refractivity contribution in [3.8, 4) is 0 Å². The number of anilines is 1. The zero-order chi connectivity index (χ0) is 13.3. The Balaban J connectivity index is 2.13. The van der Waals surface area contributed by atoms with Crippen molar-refractivity contribution < 1.29 is 14.6 Å². The number of thioether (sulfide) groups is 1. The van der Waals surface area contributed by atoms with Gasteiger partial charge in [-0.3, -0.25) is 4.57 Å². The molecule has 1 aliphatic rings. The SMILES string of the molecule is Nc1ccn(CC2S[C@H](CO)[C@@H](O)[C@@H]2F)c(=O)n1. The highest BCUT2D eigenvalue weighted by Gasteiger charge is 2.43. The molecular weight excluding hydrogens is 261 g/mol. The van der Waals surface area contributed by atoms with Crippen LogP contribution < -0.4 is 11.4 Å². The standard InChI is InChI=1S/C10H14FN3O3S/c11-8-5(18-6(4-15)9(8)16)3-14-2-1-7(12)13-10(14)17/h1-2,5-6,8-9,15-16H,3-4H2,(H2,12,13,17)/t5?,6-,8-,9-/m1/s1. The van der Waals surface area contributed by atoms with Crippen LogP contribution in [0.15, 0.2) is 17.1 Å². The van der Waals surface area contributed by atoms with Crippen LogP contribution in [0.2, 0.25) is 0 Å². The monoisotopic (exact) mass is 275 g/mol. The molecule has 0 bridgehead atoms. The molecule has 4 N–H and O–H groups in total. The minimum absolute atomic E-state index is 0.0888. The van der Waals surface area contributed by atoms with Crippen LogP contribution in [0, 0.1) is 0 Å². The first kappa shape index (κ1) is 13.3. The second kappa shape index (κ2) is 5.25. The number of nitrogens with zero attached hydrogens (tertiary/aromatic N) is 2. The minimum atomic E-state index is -1.48. The molecule has 8 heteroatoms. The molecule has 1 fully saturated rings. The van der Waals surface area contributed by atoms with Crippen molar-refractivity contribution >= 4 is 17.6 Å². The molecule has 6 nitrogen and oxygen atoms in total. The lowest BCUT2D eigenvalue weighted by atomic mass is 10.1. The Labute approximate surface area is 107 Å². The van der Waals surface area contributed by atoms with Crippen LogP contribution in [-0.4, -0.2) is 49.1 Å². The zero-order valence-corrected chi connectivity index (χ0v) is 10.3. The van der Waals surface area contributed by atoms with E-state index in [1.165, 1.54) is 16.8 Å². The van der Waals surface area contributed by atoms with Crippen molar-refractivity contribution in [1.82, 2.24) is 9.55 Å². The lowest BCUT2D eigenvalue weighted by molar-refractivity contribution is 0.0697. The maximum atomic E-state index is 13.8. The van der Waals surface area contributed by atoms with Gasteiger partial charge in [-0.25, -0.2) is 9.18 Å². The molecule has 100 valence electrons. The normalized spacial score (nSPS) is 31.7. The van der Waals surface area contributed by atoms with E-state index in [0.29, 0.717) is 0 Å². The lowest BCUT2D eigenvalue weighted by Crippen LogP contribution is -2.34. The number of alkyl halides is 1. The number of rotatable bonds is 3. The Morgan fingerprint density at radius 2 is 2.28 bits per heavy atom. The summed E-state index contributed by atoms with van der Waals surface area (Å²) in [6, 6.07) is 1.45. The van der Waals surface area contributed by atoms with Crippen molar-refractivity contribution in [3.63, 3.8) is 0 Å². The fraction of sp³-hybridized carbons (Fsp3) is 0.600. The third-order valence-electron chi connectivity index (χ3n) is 2.86. The van der Waals surface area contributed by atoms with Gasteiger partial charge in [-0.15, -0.1) is 11.8 Å². The Morgan fingerprint density at radius 3 is 2.83 bits per heavy atom. The summed E-state index contributed by atoms with van der Waals surface area (Å²) >= 11 is 1.14. The average molecular weight is 275 g/mol. The van der Waals surface area contributed by atoms with Gasteiger partial charge in [0.25, 0.3) is 0 Å². The molecule has 1 aromatic heterocycles. The first-order valence-electron chi connectivity index (χ1n) is 5.44. The number of aromatic nitrogens is 2. The Bertz CT molecular complexity index is 484. The van der Waals surface area contributed by atoms with Gasteiger partial charge in [0.15, 0.2) is 0 Å². The molecule has 0 spiro atoms. The molecule has 0 amide bonds. The quantitative estimate of drug-likeness (QED) is 0.654. The first-order valence-corrected chi connectivity index (χ1v) is 6.38. The number of aliphatic hydroxyl groups excluding tert-OH is 2. The Hall–Kier alpha value is -1.12. The fourth-order valence-electron chi connectivity index (χ4n) is 1.87. The van der Waals surface area contributed by atoms with E-state index >= 15 is 0 Å². The van der Waals surface area contributed by atoms with Gasteiger partial charge < -0.3 is 15.9 Å². The minimum Gasteiger partial charge on any atom is -0.395 e. The largest absolute Gasteiger partial charge is 0.395 e. The molecule has 1 aliphatic heterocycles. The van der Waals surface area contributed by atoms with E-state index in [0.717, 1.165) is 11.8 Å². The lowest BCUT2D eigenvalue weighted by Gasteiger charge is -2.14. The molecular formula is C10H14FN3O3S. The number of hydrogen-bond donors (Lipinski definition) is 3. The molecule has 1 saturated heterocycles. The van der Waals surface area contributed by atoms with E-state index in [-0.39, 0.29) is 19.0 Å². The summed E-state index contributed by atoms with van der Waals surface area (Å²) in [5.41, 5.74) is 4.80. The van der Waals surface area contributed by atoms with E-state index < -0.39 is 28.5 Å². The van der Waals surface area contributed by atoms with Crippen LogP contribution in [-0.2, 0) is 6.54 Å². The zero-order valence-electron chi connectivity index (χ0n) is 9.44. The summed E-state index contributed by atoms with van der Waals surface area (Å²) in [5.74, 6) is 0.111. The second-order valence-electron chi connectivity index (χ2n) is 4.12. The van der Waals surface area contributed by atoms with Gasteiger partial charge in [0.1, 0.15) is 18.1 Å². The average Bonchev–Trinajstić information content (AvgIpc) is 2.60. The molecule has 18 heavy (non-hydrogen) atoms. The molecule has 0 radical (unpaired) electrons. The van der Waals surface area contributed by atoms with E-state index in [4.69, 9.17) is 10.8 Å². The number of aliphatic hydroxyl groups is 2. The smallest absolute Gasteiger partial charge is 0.349 e. The Kier molecular flexibility index (Phi) is 3.88. The van der Waals surface area contributed by atoms with Crippen molar-refractivity contribution in [2.75, 3.05) is 12.3 Å². The number of hydrogen-bond acceptors (Lipinski definition) is 6. The molecule has 1 aromatic rings. The van der Waals surface area contributed by atoms with E-state index in [1.54, 1.807) is 0 Å². The Morgan fingerprint density at radius 1 is 1.56 bits per heavy atom. The van der Waals surface area contributed by atoms with Crippen molar-refractivity contribution in [3.05, 3.63) is 22.7 Å². The highest BCUT2D eigenvalue weighted by molar-refractivity contribution is 8.00. The maximum Gasteiger partial charge on any atom is 0.349 e. The summed E-state index contributed by atoms with van der Waals surface area (Å²) in [7, 11) is 0. The molecule has 4 atom stereocenters. The number of halogens is 1. The van der Waals surface area contributed by atoms with Crippen LogP contribution in [0.5, 0.6) is 0 Å². The van der Waals surface area contributed by atoms with E-state index in [9.17, 15) is 14.3 Å². The maximum absolute atomic E-state index is 13.8. The van der Waals surface area contributed by atoms with Gasteiger partial charge >= 0.3 is 5.69 Å². The van der Waals surface area contributed by atoms with Crippen molar-refractivity contribution in [1.29, 1.82) is 0 Å². The molecule has 2 heterocycles. The van der Waals surface area contributed by atoms with Gasteiger partial charge in [-0.2, -0.15) is 4.98 Å². The number of nitrogens with two attached hydrogens (primary N) is 1. The van der Waals surface area contributed by atoms with Crippen LogP contribution in [0.1, 0.15) is 0 Å². The van der Waals surface area contributed by atoms with Crippen LogP contribution in [0.4, 0.5) is 10.2 Å². The summed E-state index contributed by atoms with van der Waals surface area (Å²) in [5, 5.41) is 17.4. The summed E-state index contributed by atoms with van der Waals surface area (Å²) in [6.07, 6.45) is -1.24. The third kappa shape index (κ3) is 2.50.